The Hall–Kier alpha value is -2.71. The smallest absolute Gasteiger partial charge is 0.264 e. The van der Waals surface area contributed by atoms with E-state index in [0.717, 1.165) is 0 Å². The highest BCUT2D eigenvalue weighted by Crippen LogP contribution is 2.26. The predicted octanol–water partition coefficient (Wildman–Crippen LogP) is 0.758. The van der Waals surface area contributed by atoms with Gasteiger partial charge in [-0.25, -0.2) is 0 Å². The highest BCUT2D eigenvalue weighted by molar-refractivity contribution is 7.79. The van der Waals surface area contributed by atoms with Crippen LogP contribution in [0.1, 0.15) is 0 Å². The van der Waals surface area contributed by atoms with E-state index in [2.05, 4.69) is 0 Å². The molecule has 0 amide bonds. The normalized spacial score (nSPS) is 10.1. The minimum absolute atomic E-state index is 0.660. The molecular formula is C6H5N3O10S. The average Bonchev–Trinajstić information content (AvgIpc) is 2.25. The lowest BCUT2D eigenvalue weighted by molar-refractivity contribution is -0.403. The third-order valence-corrected chi connectivity index (χ3v) is 1.52. The van der Waals surface area contributed by atoms with Gasteiger partial charge in [-0.2, -0.15) is 8.42 Å². The molecule has 0 fully saturated rings. The van der Waals surface area contributed by atoms with Crippen LogP contribution in [0.2, 0.25) is 0 Å². The Balaban J connectivity index is 0.000000621. The lowest BCUT2D eigenvalue weighted by atomic mass is 10.2. The minimum Gasteiger partial charge on any atom is -0.264 e. The Morgan fingerprint density at radius 3 is 1.00 bits per heavy atom. The van der Waals surface area contributed by atoms with Crippen LogP contribution in [-0.2, 0) is 10.4 Å². The van der Waals surface area contributed by atoms with Crippen LogP contribution < -0.4 is 0 Å². The summed E-state index contributed by atoms with van der Waals surface area (Å²) in [5, 5.41) is 30.9. The lowest BCUT2D eigenvalue weighted by Gasteiger charge is -1.93. The van der Waals surface area contributed by atoms with E-state index in [1.165, 1.54) is 0 Å². The lowest BCUT2D eigenvalue weighted by Crippen LogP contribution is -1.96. The van der Waals surface area contributed by atoms with Crippen molar-refractivity contribution in [1.29, 1.82) is 0 Å². The van der Waals surface area contributed by atoms with Gasteiger partial charge in [-0.15, -0.1) is 0 Å². The Kier molecular flexibility index (Phi) is 5.58. The summed E-state index contributed by atoms with van der Waals surface area (Å²) in [6, 6.07) is 1.98. The fraction of sp³-hybridized carbons (Fsp3) is 0. The van der Waals surface area contributed by atoms with Crippen molar-refractivity contribution in [2.24, 2.45) is 0 Å². The third-order valence-electron chi connectivity index (χ3n) is 1.52. The molecule has 1 aromatic carbocycles. The summed E-state index contributed by atoms with van der Waals surface area (Å²) in [5.41, 5.74) is -2.05. The fourth-order valence-corrected chi connectivity index (χ4v) is 0.896. The summed E-state index contributed by atoms with van der Waals surface area (Å²) < 4.78 is 31.6. The molecule has 0 aliphatic rings. The Bertz CT molecular complexity index is 566. The Morgan fingerprint density at radius 2 is 0.900 bits per heavy atom. The molecular weight excluding hydrogens is 306 g/mol. The van der Waals surface area contributed by atoms with Crippen LogP contribution in [0.25, 0.3) is 0 Å². The quantitative estimate of drug-likeness (QED) is 0.455. The summed E-state index contributed by atoms with van der Waals surface area (Å²) in [5.74, 6) is 0. The van der Waals surface area contributed by atoms with Gasteiger partial charge in [-0.3, -0.25) is 39.4 Å². The van der Waals surface area contributed by atoms with Crippen molar-refractivity contribution in [3.8, 4) is 0 Å². The molecule has 110 valence electrons. The Morgan fingerprint density at radius 1 is 0.750 bits per heavy atom. The summed E-state index contributed by atoms with van der Waals surface area (Å²) in [6.45, 7) is 0. The van der Waals surface area contributed by atoms with Gasteiger partial charge in [0, 0.05) is 0 Å². The van der Waals surface area contributed by atoms with Gasteiger partial charge in [0.1, 0.15) is 0 Å². The molecule has 0 aromatic heterocycles. The molecule has 20 heavy (non-hydrogen) atoms. The summed E-state index contributed by atoms with van der Waals surface area (Å²) in [6.07, 6.45) is 0. The number of nitro groups is 3. The molecule has 1 aromatic rings. The van der Waals surface area contributed by atoms with E-state index in [1.807, 2.05) is 0 Å². The zero-order chi connectivity index (χ0) is 16.1. The SMILES string of the molecule is O=S(=O)(O)O.O=[N+]([O-])c1cc([N+](=O)[O-])cc([N+](=O)[O-])c1. The molecule has 0 unspecified atom stereocenters. The van der Waals surface area contributed by atoms with Crippen molar-refractivity contribution >= 4 is 27.5 Å². The van der Waals surface area contributed by atoms with E-state index in [0.29, 0.717) is 18.2 Å². The molecule has 0 saturated heterocycles. The van der Waals surface area contributed by atoms with Gasteiger partial charge in [0.25, 0.3) is 17.1 Å². The van der Waals surface area contributed by atoms with E-state index >= 15 is 0 Å². The van der Waals surface area contributed by atoms with Crippen LogP contribution in [0.4, 0.5) is 17.1 Å². The fourth-order valence-electron chi connectivity index (χ4n) is 0.896. The number of benzene rings is 1. The van der Waals surface area contributed by atoms with Crippen LogP contribution in [0, 0.1) is 30.3 Å². The van der Waals surface area contributed by atoms with Gasteiger partial charge in [-0.1, -0.05) is 0 Å². The maximum Gasteiger partial charge on any atom is 0.394 e. The number of nitro benzene ring substituents is 3. The minimum atomic E-state index is -4.67. The van der Waals surface area contributed by atoms with Crippen LogP contribution in [0.3, 0.4) is 0 Å². The molecule has 13 nitrogen and oxygen atoms in total. The number of rotatable bonds is 3. The van der Waals surface area contributed by atoms with Crippen molar-refractivity contribution in [2.45, 2.75) is 0 Å². The van der Waals surface area contributed by atoms with Gasteiger partial charge < -0.3 is 0 Å². The van der Waals surface area contributed by atoms with Gasteiger partial charge in [0.15, 0.2) is 0 Å². The van der Waals surface area contributed by atoms with Crippen molar-refractivity contribution < 1.29 is 32.3 Å². The van der Waals surface area contributed by atoms with Crippen molar-refractivity contribution in [3.63, 3.8) is 0 Å². The molecule has 14 heteroatoms. The first kappa shape index (κ1) is 17.3. The monoisotopic (exact) mass is 311 g/mol. The molecule has 1 rings (SSSR count). The Labute approximate surface area is 109 Å². The van der Waals surface area contributed by atoms with Gasteiger partial charge >= 0.3 is 10.4 Å². The van der Waals surface area contributed by atoms with E-state index in [-0.39, 0.29) is 0 Å². The second kappa shape index (κ2) is 6.45. The standard InChI is InChI=1S/C6H3N3O6.H2O4S/c10-7(11)4-1-5(8(12)13)3-6(2-4)9(14)15;1-5(2,3)4/h1-3H;(H2,1,2,3,4). The number of hydrogen-bond donors (Lipinski definition) is 2. The van der Waals surface area contributed by atoms with Crippen LogP contribution in [0.15, 0.2) is 18.2 Å². The zero-order valence-electron chi connectivity index (χ0n) is 9.14. The first-order chi connectivity index (χ1) is 8.91. The number of non-ortho nitro benzene ring substituents is 3. The van der Waals surface area contributed by atoms with Crippen LogP contribution >= 0.6 is 0 Å². The second-order valence-corrected chi connectivity index (χ2v) is 3.82. The van der Waals surface area contributed by atoms with Crippen LogP contribution in [0.5, 0.6) is 0 Å². The molecule has 0 atom stereocenters. The zero-order valence-corrected chi connectivity index (χ0v) is 9.96. The van der Waals surface area contributed by atoms with E-state index in [4.69, 9.17) is 17.5 Å². The van der Waals surface area contributed by atoms with Crippen molar-refractivity contribution in [1.82, 2.24) is 0 Å². The van der Waals surface area contributed by atoms with Gasteiger partial charge in [0.2, 0.25) is 0 Å². The van der Waals surface area contributed by atoms with E-state index in [9.17, 15) is 30.3 Å². The van der Waals surface area contributed by atoms with Gasteiger partial charge in [0.05, 0.1) is 33.0 Å². The molecule has 0 radical (unpaired) electrons. The molecule has 0 heterocycles. The first-order valence-corrected chi connectivity index (χ1v) is 5.59. The highest BCUT2D eigenvalue weighted by Gasteiger charge is 2.21. The van der Waals surface area contributed by atoms with Gasteiger partial charge in [-0.05, 0) is 0 Å². The maximum absolute atomic E-state index is 10.3. The largest absolute Gasteiger partial charge is 0.394 e. The number of hydrogen-bond acceptors (Lipinski definition) is 8. The molecule has 0 bridgehead atoms. The molecule has 2 N–H and O–H groups in total. The topological polar surface area (TPSA) is 204 Å². The summed E-state index contributed by atoms with van der Waals surface area (Å²) in [4.78, 5) is 28.1. The molecule has 0 saturated carbocycles. The number of nitrogens with zero attached hydrogens (tertiary/aromatic N) is 3. The highest BCUT2D eigenvalue weighted by atomic mass is 32.3. The molecule has 0 aliphatic heterocycles. The summed E-state index contributed by atoms with van der Waals surface area (Å²) in [7, 11) is -4.67. The second-order valence-electron chi connectivity index (χ2n) is 2.93. The molecule has 0 aliphatic carbocycles. The summed E-state index contributed by atoms with van der Waals surface area (Å²) >= 11 is 0. The predicted molar refractivity (Wildman–Crippen MR) is 60.6 cm³/mol. The maximum atomic E-state index is 10.3. The first-order valence-electron chi connectivity index (χ1n) is 4.20. The van der Waals surface area contributed by atoms with E-state index in [1.54, 1.807) is 0 Å². The third kappa shape index (κ3) is 6.89. The van der Waals surface area contributed by atoms with Crippen molar-refractivity contribution in [2.75, 3.05) is 0 Å². The molecule has 0 spiro atoms. The average molecular weight is 311 g/mol. The van der Waals surface area contributed by atoms with E-state index < -0.39 is 42.2 Å². The van der Waals surface area contributed by atoms with Crippen molar-refractivity contribution in [3.05, 3.63) is 48.5 Å². The van der Waals surface area contributed by atoms with Crippen LogP contribution in [-0.4, -0.2) is 32.3 Å².